The van der Waals surface area contributed by atoms with Gasteiger partial charge in [-0.15, -0.1) is 0 Å². The first kappa shape index (κ1) is 20.2. The number of nitrogens with one attached hydrogen (secondary N) is 3. The quantitative estimate of drug-likeness (QED) is 0.696. The van der Waals surface area contributed by atoms with Gasteiger partial charge in [-0.2, -0.15) is 0 Å². The SMILES string of the molecule is CC(C)CNC(=O)NCC1CCC(F)(CNC(=O)c2ccccc2)CC1. The Morgan fingerprint density at radius 1 is 1.12 bits per heavy atom. The van der Waals surface area contributed by atoms with E-state index < -0.39 is 5.67 Å². The molecule has 0 radical (unpaired) electrons. The van der Waals surface area contributed by atoms with Gasteiger partial charge in [0.2, 0.25) is 0 Å². The Kier molecular flexibility index (Phi) is 7.42. The van der Waals surface area contributed by atoms with E-state index in [4.69, 9.17) is 0 Å². The van der Waals surface area contributed by atoms with Crippen molar-refractivity contribution in [3.63, 3.8) is 0 Å². The van der Waals surface area contributed by atoms with Crippen molar-refractivity contribution in [2.45, 2.75) is 45.2 Å². The van der Waals surface area contributed by atoms with E-state index in [1.165, 1.54) is 0 Å². The Labute approximate surface area is 155 Å². The molecule has 5 nitrogen and oxygen atoms in total. The average Bonchev–Trinajstić information content (AvgIpc) is 2.65. The van der Waals surface area contributed by atoms with Crippen LogP contribution in [0.5, 0.6) is 0 Å². The van der Waals surface area contributed by atoms with Crippen LogP contribution in [0.25, 0.3) is 0 Å². The van der Waals surface area contributed by atoms with Crippen molar-refractivity contribution in [2.75, 3.05) is 19.6 Å². The minimum atomic E-state index is -1.36. The Morgan fingerprint density at radius 3 is 2.38 bits per heavy atom. The summed E-state index contributed by atoms with van der Waals surface area (Å²) in [5.74, 6) is 0.454. The highest BCUT2D eigenvalue weighted by atomic mass is 19.1. The summed E-state index contributed by atoms with van der Waals surface area (Å²) in [6.45, 7) is 5.33. The molecule has 3 amide bonds. The van der Waals surface area contributed by atoms with Gasteiger partial charge in [0.05, 0.1) is 6.54 Å². The molecule has 0 aliphatic heterocycles. The predicted molar refractivity (Wildman–Crippen MR) is 101 cm³/mol. The fraction of sp³-hybridized carbons (Fsp3) is 0.600. The van der Waals surface area contributed by atoms with Crippen LogP contribution in [0.15, 0.2) is 30.3 Å². The molecule has 0 atom stereocenters. The molecule has 0 unspecified atom stereocenters. The molecule has 1 fully saturated rings. The molecule has 2 rings (SSSR count). The minimum Gasteiger partial charge on any atom is -0.349 e. The Hall–Kier alpha value is -2.11. The monoisotopic (exact) mass is 363 g/mol. The number of hydrogen-bond acceptors (Lipinski definition) is 2. The number of carbonyl (C=O) groups is 2. The van der Waals surface area contributed by atoms with Crippen molar-refractivity contribution >= 4 is 11.9 Å². The van der Waals surface area contributed by atoms with E-state index in [2.05, 4.69) is 16.0 Å². The average molecular weight is 363 g/mol. The lowest BCUT2D eigenvalue weighted by Gasteiger charge is -2.34. The highest BCUT2D eigenvalue weighted by Gasteiger charge is 2.35. The molecule has 1 aromatic carbocycles. The van der Waals surface area contributed by atoms with E-state index in [0.717, 1.165) is 0 Å². The van der Waals surface area contributed by atoms with Crippen LogP contribution in [0.1, 0.15) is 49.9 Å². The molecule has 0 bridgehead atoms. The van der Waals surface area contributed by atoms with Gasteiger partial charge in [0.1, 0.15) is 5.67 Å². The number of benzene rings is 1. The summed E-state index contributed by atoms with van der Waals surface area (Å²) < 4.78 is 14.9. The van der Waals surface area contributed by atoms with Crippen LogP contribution >= 0.6 is 0 Å². The molecule has 1 aliphatic carbocycles. The molecule has 0 spiro atoms. The second-order valence-electron chi connectivity index (χ2n) is 7.63. The van der Waals surface area contributed by atoms with Crippen molar-refractivity contribution < 1.29 is 14.0 Å². The Morgan fingerprint density at radius 2 is 1.77 bits per heavy atom. The number of carbonyl (C=O) groups excluding carboxylic acids is 2. The fourth-order valence-corrected chi connectivity index (χ4v) is 3.10. The lowest BCUT2D eigenvalue weighted by Crippen LogP contribution is -2.44. The summed E-state index contributed by atoms with van der Waals surface area (Å²) in [7, 11) is 0. The van der Waals surface area contributed by atoms with E-state index >= 15 is 0 Å². The Balaban J connectivity index is 1.68. The molecule has 1 saturated carbocycles. The van der Waals surface area contributed by atoms with Crippen LogP contribution in [0.2, 0.25) is 0 Å². The lowest BCUT2D eigenvalue weighted by molar-refractivity contribution is 0.0719. The van der Waals surface area contributed by atoms with Gasteiger partial charge in [-0.3, -0.25) is 4.79 Å². The van der Waals surface area contributed by atoms with Crippen LogP contribution in [0.4, 0.5) is 9.18 Å². The van der Waals surface area contributed by atoms with Gasteiger partial charge in [-0.1, -0.05) is 32.0 Å². The van der Waals surface area contributed by atoms with E-state index in [1.54, 1.807) is 24.3 Å². The second-order valence-corrected chi connectivity index (χ2v) is 7.63. The number of alkyl halides is 1. The van der Waals surface area contributed by atoms with E-state index in [0.29, 0.717) is 50.3 Å². The van der Waals surface area contributed by atoms with Gasteiger partial charge in [-0.05, 0) is 49.7 Å². The molecule has 0 heterocycles. The zero-order valence-electron chi connectivity index (χ0n) is 15.7. The molecule has 26 heavy (non-hydrogen) atoms. The molecule has 0 aromatic heterocycles. The topological polar surface area (TPSA) is 70.2 Å². The third-order valence-electron chi connectivity index (χ3n) is 4.83. The van der Waals surface area contributed by atoms with Gasteiger partial charge >= 0.3 is 6.03 Å². The summed E-state index contributed by atoms with van der Waals surface area (Å²) in [6, 6.07) is 8.68. The van der Waals surface area contributed by atoms with Crippen LogP contribution < -0.4 is 16.0 Å². The summed E-state index contributed by atoms with van der Waals surface area (Å²) >= 11 is 0. The molecule has 6 heteroatoms. The maximum atomic E-state index is 14.9. The van der Waals surface area contributed by atoms with E-state index in [-0.39, 0.29) is 24.4 Å². The van der Waals surface area contributed by atoms with Crippen LogP contribution in [0, 0.1) is 11.8 Å². The number of amides is 3. The maximum Gasteiger partial charge on any atom is 0.314 e. The zero-order valence-corrected chi connectivity index (χ0v) is 15.7. The normalized spacial score (nSPS) is 22.7. The van der Waals surface area contributed by atoms with Gasteiger partial charge in [0, 0.05) is 18.7 Å². The van der Waals surface area contributed by atoms with Gasteiger partial charge < -0.3 is 16.0 Å². The standard InChI is InChI=1S/C20H30FN3O2/c1-15(2)12-22-19(26)23-13-16-8-10-20(21,11-9-16)14-24-18(25)17-6-4-3-5-7-17/h3-7,15-16H,8-14H2,1-2H3,(H,24,25)(H2,22,23,26). The van der Waals surface area contributed by atoms with Gasteiger partial charge in [0.15, 0.2) is 0 Å². The van der Waals surface area contributed by atoms with Crippen molar-refractivity contribution in [3.8, 4) is 0 Å². The largest absolute Gasteiger partial charge is 0.349 e. The lowest BCUT2D eigenvalue weighted by atomic mass is 9.80. The third-order valence-corrected chi connectivity index (χ3v) is 4.83. The van der Waals surface area contributed by atoms with Gasteiger partial charge in [0.25, 0.3) is 5.91 Å². The fourth-order valence-electron chi connectivity index (χ4n) is 3.10. The number of halogens is 1. The molecule has 144 valence electrons. The first-order chi connectivity index (χ1) is 12.4. The molecular weight excluding hydrogens is 333 g/mol. The van der Waals surface area contributed by atoms with E-state index in [1.807, 2.05) is 19.9 Å². The number of hydrogen-bond donors (Lipinski definition) is 3. The molecule has 1 aliphatic rings. The third kappa shape index (κ3) is 6.65. The van der Waals surface area contributed by atoms with E-state index in [9.17, 15) is 14.0 Å². The maximum absolute atomic E-state index is 14.9. The van der Waals surface area contributed by atoms with Crippen molar-refractivity contribution in [1.82, 2.24) is 16.0 Å². The highest BCUT2D eigenvalue weighted by molar-refractivity contribution is 5.94. The summed E-state index contributed by atoms with van der Waals surface area (Å²) in [4.78, 5) is 23.7. The predicted octanol–water partition coefficient (Wildman–Crippen LogP) is 3.27. The summed E-state index contributed by atoms with van der Waals surface area (Å²) in [5.41, 5.74) is -0.817. The first-order valence-electron chi connectivity index (χ1n) is 9.42. The molecular formula is C20H30FN3O2. The van der Waals surface area contributed by atoms with Crippen LogP contribution in [-0.2, 0) is 0 Å². The smallest absolute Gasteiger partial charge is 0.314 e. The minimum absolute atomic E-state index is 0.0375. The summed E-state index contributed by atoms with van der Waals surface area (Å²) in [5, 5.41) is 8.39. The molecule has 1 aromatic rings. The van der Waals surface area contributed by atoms with Crippen molar-refractivity contribution in [3.05, 3.63) is 35.9 Å². The number of rotatable bonds is 7. The van der Waals surface area contributed by atoms with Crippen molar-refractivity contribution in [2.24, 2.45) is 11.8 Å². The zero-order chi connectivity index (χ0) is 19.0. The highest BCUT2D eigenvalue weighted by Crippen LogP contribution is 2.34. The second kappa shape index (κ2) is 9.55. The Bertz CT molecular complexity index is 584. The van der Waals surface area contributed by atoms with Gasteiger partial charge in [-0.25, -0.2) is 9.18 Å². The summed E-state index contributed by atoms with van der Waals surface area (Å²) in [6.07, 6.45) is 2.23. The molecule has 0 saturated heterocycles. The first-order valence-corrected chi connectivity index (χ1v) is 9.42. The van der Waals surface area contributed by atoms with Crippen LogP contribution in [0.3, 0.4) is 0 Å². The van der Waals surface area contributed by atoms with Crippen molar-refractivity contribution in [1.29, 1.82) is 0 Å². The van der Waals surface area contributed by atoms with Crippen LogP contribution in [-0.4, -0.2) is 37.2 Å². The number of urea groups is 1. The molecule has 3 N–H and O–H groups in total.